The van der Waals surface area contributed by atoms with Crippen LogP contribution in [0.1, 0.15) is 138 Å². The smallest absolute Gasteiger partial charge is 0.343 e. The molecule has 0 radical (unpaired) electrons. The molecule has 0 spiro atoms. The molecule has 0 heterocycles. The molecule has 9 nitrogen and oxygen atoms in total. The number of hydrogen-bond acceptors (Lipinski definition) is 9. The van der Waals surface area contributed by atoms with Gasteiger partial charge in [-0.15, -0.1) is 0 Å². The highest BCUT2D eigenvalue weighted by Crippen LogP contribution is 2.22. The number of carbonyl (C=O) groups is 4. The SMILES string of the molecule is CCCCCCCCCCCCCCCCOc1ccc(C(=O)Oc2ccc(C(=O)Oc3cccc(C(=O)Oc4ccc(C(=O)Oc5ccc(F)cc5)cc4)c3)cc2)cc1. The molecule has 5 rings (SSSR count). The van der Waals surface area contributed by atoms with Gasteiger partial charge in [-0.2, -0.15) is 0 Å². The number of ether oxygens (including phenoxy) is 5. The molecule has 0 bridgehead atoms. The van der Waals surface area contributed by atoms with Crippen molar-refractivity contribution in [2.45, 2.75) is 96.8 Å². The summed E-state index contributed by atoms with van der Waals surface area (Å²) in [5, 5.41) is 0. The maximum atomic E-state index is 13.1. The number of carbonyl (C=O) groups excluding carboxylic acids is 4. The molecular weight excluding hydrogens is 764 g/mol. The first kappa shape index (κ1) is 44.8. The normalized spacial score (nSPS) is 10.8. The van der Waals surface area contributed by atoms with Gasteiger partial charge in [-0.3, -0.25) is 0 Å². The molecule has 0 saturated carbocycles. The largest absolute Gasteiger partial charge is 0.494 e. The maximum Gasteiger partial charge on any atom is 0.343 e. The Morgan fingerprint density at radius 1 is 0.383 bits per heavy atom. The second-order valence-electron chi connectivity index (χ2n) is 14.6. The Labute approximate surface area is 351 Å². The Bertz CT molecular complexity index is 2090. The fourth-order valence-corrected chi connectivity index (χ4v) is 6.35. The first-order valence-electron chi connectivity index (χ1n) is 20.9. The molecule has 5 aromatic rings. The van der Waals surface area contributed by atoms with Crippen LogP contribution in [-0.2, 0) is 0 Å². The summed E-state index contributed by atoms with van der Waals surface area (Å²) in [4.78, 5) is 51.0. The summed E-state index contributed by atoms with van der Waals surface area (Å²) in [6.07, 6.45) is 18.3. The lowest BCUT2D eigenvalue weighted by Gasteiger charge is -2.09. The Hall–Kier alpha value is -6.29. The van der Waals surface area contributed by atoms with Crippen LogP contribution in [0.4, 0.5) is 4.39 Å². The molecule has 0 fully saturated rings. The van der Waals surface area contributed by atoms with Gasteiger partial charge in [0.25, 0.3) is 0 Å². The third-order valence-electron chi connectivity index (χ3n) is 9.76. The quantitative estimate of drug-likeness (QED) is 0.0341. The fraction of sp³-hybridized carbons (Fsp3) is 0.320. The standard InChI is InChI=1S/C50H53FO9/c1-2-3-4-5-6-7-8-9-10-11-12-13-14-15-35-56-42-27-19-37(20-28-42)47(52)57-43-29-23-39(24-30-43)49(54)60-46-18-16-17-40(36-46)50(55)59-44-31-21-38(22-32-44)48(53)58-45-33-25-41(51)26-34-45/h16-34,36H,2-15,35H2,1H3. The summed E-state index contributed by atoms with van der Waals surface area (Å²) >= 11 is 0. The van der Waals surface area contributed by atoms with E-state index in [2.05, 4.69) is 6.92 Å². The van der Waals surface area contributed by atoms with Crippen molar-refractivity contribution in [2.24, 2.45) is 0 Å². The maximum absolute atomic E-state index is 13.1. The zero-order valence-corrected chi connectivity index (χ0v) is 34.2. The van der Waals surface area contributed by atoms with Gasteiger partial charge in [0.05, 0.1) is 28.9 Å². The molecule has 0 unspecified atom stereocenters. The Morgan fingerprint density at radius 3 is 1.17 bits per heavy atom. The van der Waals surface area contributed by atoms with Crippen molar-refractivity contribution in [2.75, 3.05) is 6.61 Å². The van der Waals surface area contributed by atoms with Crippen molar-refractivity contribution >= 4 is 23.9 Å². The summed E-state index contributed by atoms with van der Waals surface area (Å²) in [5.41, 5.74) is 0.870. The highest BCUT2D eigenvalue weighted by atomic mass is 19.1. The number of halogens is 1. The van der Waals surface area contributed by atoms with E-state index < -0.39 is 29.7 Å². The lowest BCUT2D eigenvalue weighted by molar-refractivity contribution is 0.0712. The first-order chi connectivity index (χ1) is 29.3. The van der Waals surface area contributed by atoms with Crippen LogP contribution < -0.4 is 23.7 Å². The van der Waals surface area contributed by atoms with Crippen LogP contribution in [0.25, 0.3) is 0 Å². The van der Waals surface area contributed by atoms with Crippen LogP contribution in [0.15, 0.2) is 121 Å². The highest BCUT2D eigenvalue weighted by molar-refractivity contribution is 5.94. The van der Waals surface area contributed by atoms with Gasteiger partial charge in [0.2, 0.25) is 0 Å². The monoisotopic (exact) mass is 816 g/mol. The summed E-state index contributed by atoms with van der Waals surface area (Å²) in [7, 11) is 0. The Morgan fingerprint density at radius 2 is 0.733 bits per heavy atom. The molecule has 0 atom stereocenters. The predicted molar refractivity (Wildman–Crippen MR) is 228 cm³/mol. The van der Waals surface area contributed by atoms with E-state index in [4.69, 9.17) is 23.7 Å². The van der Waals surface area contributed by atoms with Crippen LogP contribution in [-0.4, -0.2) is 30.5 Å². The van der Waals surface area contributed by atoms with Gasteiger partial charge < -0.3 is 23.7 Å². The van der Waals surface area contributed by atoms with E-state index >= 15 is 0 Å². The first-order valence-corrected chi connectivity index (χ1v) is 20.9. The summed E-state index contributed by atoms with van der Waals surface area (Å²) in [6, 6.07) is 29.4. The summed E-state index contributed by atoms with van der Waals surface area (Å²) in [5.74, 6) is -1.67. The fourth-order valence-electron chi connectivity index (χ4n) is 6.35. The van der Waals surface area contributed by atoms with E-state index in [1.54, 1.807) is 24.3 Å². The molecule has 0 saturated heterocycles. The van der Waals surface area contributed by atoms with Crippen molar-refractivity contribution in [3.05, 3.63) is 149 Å². The van der Waals surface area contributed by atoms with E-state index in [9.17, 15) is 23.6 Å². The van der Waals surface area contributed by atoms with Crippen molar-refractivity contribution < 1.29 is 47.3 Å². The van der Waals surface area contributed by atoms with Crippen LogP contribution in [0.3, 0.4) is 0 Å². The summed E-state index contributed by atoms with van der Waals surface area (Å²) in [6.45, 7) is 2.89. The molecule has 0 amide bonds. The van der Waals surface area contributed by atoms with Gasteiger partial charge in [0, 0.05) is 0 Å². The van der Waals surface area contributed by atoms with Gasteiger partial charge >= 0.3 is 23.9 Å². The van der Waals surface area contributed by atoms with Gasteiger partial charge in [-0.05, 0) is 122 Å². The van der Waals surface area contributed by atoms with E-state index in [1.807, 2.05) is 0 Å². The highest BCUT2D eigenvalue weighted by Gasteiger charge is 2.16. The Kier molecular flexibility index (Phi) is 18.4. The minimum atomic E-state index is -0.719. The van der Waals surface area contributed by atoms with Crippen LogP contribution in [0.5, 0.6) is 28.7 Å². The number of rotatable bonds is 24. The molecule has 314 valence electrons. The zero-order valence-electron chi connectivity index (χ0n) is 34.2. The molecule has 5 aromatic carbocycles. The molecule has 0 N–H and O–H groups in total. The molecule has 0 aromatic heterocycles. The molecule has 0 aliphatic carbocycles. The third kappa shape index (κ3) is 15.5. The number of benzene rings is 5. The third-order valence-corrected chi connectivity index (χ3v) is 9.76. The predicted octanol–water partition coefficient (Wildman–Crippen LogP) is 12.6. The molecule has 0 aliphatic rings. The van der Waals surface area contributed by atoms with E-state index in [0.29, 0.717) is 17.9 Å². The number of esters is 4. The average Bonchev–Trinajstić information content (AvgIpc) is 3.26. The number of unbranched alkanes of at least 4 members (excludes halogenated alkanes) is 13. The second kappa shape index (κ2) is 24.6. The van der Waals surface area contributed by atoms with Crippen LogP contribution >= 0.6 is 0 Å². The van der Waals surface area contributed by atoms with Crippen molar-refractivity contribution in [1.29, 1.82) is 0 Å². The summed E-state index contributed by atoms with van der Waals surface area (Å²) < 4.78 is 40.6. The van der Waals surface area contributed by atoms with E-state index in [-0.39, 0.29) is 39.7 Å². The zero-order chi connectivity index (χ0) is 42.4. The van der Waals surface area contributed by atoms with Gasteiger partial charge in [0.15, 0.2) is 0 Å². The van der Waals surface area contributed by atoms with Crippen molar-refractivity contribution in [3.8, 4) is 28.7 Å². The molecule has 0 aliphatic heterocycles. The second-order valence-corrected chi connectivity index (χ2v) is 14.6. The van der Waals surface area contributed by atoms with E-state index in [0.717, 1.165) is 12.8 Å². The topological polar surface area (TPSA) is 114 Å². The molecule has 10 heteroatoms. The minimum absolute atomic E-state index is 0.107. The van der Waals surface area contributed by atoms with Crippen LogP contribution in [0, 0.1) is 5.82 Å². The molecular formula is C50H53FO9. The van der Waals surface area contributed by atoms with Crippen molar-refractivity contribution in [3.63, 3.8) is 0 Å². The van der Waals surface area contributed by atoms with Crippen molar-refractivity contribution in [1.82, 2.24) is 0 Å². The van der Waals surface area contributed by atoms with Gasteiger partial charge in [-0.25, -0.2) is 23.6 Å². The lowest BCUT2D eigenvalue weighted by Crippen LogP contribution is -2.12. The minimum Gasteiger partial charge on any atom is -0.494 e. The van der Waals surface area contributed by atoms with Crippen LogP contribution in [0.2, 0.25) is 0 Å². The molecule has 60 heavy (non-hydrogen) atoms. The number of hydrogen-bond donors (Lipinski definition) is 0. The van der Waals surface area contributed by atoms with Gasteiger partial charge in [-0.1, -0.05) is 96.5 Å². The Balaban J connectivity index is 0.976. The van der Waals surface area contributed by atoms with Gasteiger partial charge in [0.1, 0.15) is 34.6 Å². The average molecular weight is 817 g/mol. The van der Waals surface area contributed by atoms with E-state index in [1.165, 1.54) is 174 Å². The lowest BCUT2D eigenvalue weighted by atomic mass is 10.0.